The molecule has 3 unspecified atom stereocenters. The zero-order valence-electron chi connectivity index (χ0n) is 15.4. The van der Waals surface area contributed by atoms with Crippen molar-refractivity contribution in [1.82, 2.24) is 5.32 Å². The fourth-order valence-electron chi connectivity index (χ4n) is 3.07. The van der Waals surface area contributed by atoms with Gasteiger partial charge in [0, 0.05) is 13.1 Å². The van der Waals surface area contributed by atoms with Crippen LogP contribution in [0.5, 0.6) is 11.5 Å². The molecule has 0 spiro atoms. The van der Waals surface area contributed by atoms with E-state index >= 15 is 0 Å². The molecular weight excluding hydrogens is 326 g/mol. The lowest BCUT2D eigenvalue weighted by Gasteiger charge is -2.32. The van der Waals surface area contributed by atoms with Crippen molar-refractivity contribution in [3.8, 4) is 11.5 Å². The summed E-state index contributed by atoms with van der Waals surface area (Å²) >= 11 is 0. The number of para-hydroxylation sites is 2. The predicted molar refractivity (Wildman–Crippen MR) is 104 cm³/mol. The Morgan fingerprint density at radius 3 is 2.38 bits per heavy atom. The molecule has 26 heavy (non-hydrogen) atoms. The van der Waals surface area contributed by atoms with Gasteiger partial charge in [0.2, 0.25) is 0 Å². The Hall–Kier alpha value is -2.30. The summed E-state index contributed by atoms with van der Waals surface area (Å²) < 4.78 is 18.5. The minimum Gasteiger partial charge on any atom is -0.483 e. The lowest BCUT2D eigenvalue weighted by Crippen LogP contribution is -2.43. The van der Waals surface area contributed by atoms with Crippen molar-refractivity contribution in [3.05, 3.63) is 72.3 Å². The molecule has 0 aliphatic carbocycles. The maximum Gasteiger partial charge on any atom is 0.162 e. The highest BCUT2D eigenvalue weighted by molar-refractivity contribution is 5.40. The van der Waals surface area contributed by atoms with Gasteiger partial charge in [-0.3, -0.25) is 0 Å². The van der Waals surface area contributed by atoms with E-state index in [1.807, 2.05) is 68.5 Å². The van der Waals surface area contributed by atoms with E-state index in [2.05, 4.69) is 17.4 Å². The zero-order valence-corrected chi connectivity index (χ0v) is 15.4. The van der Waals surface area contributed by atoms with Gasteiger partial charge < -0.3 is 19.5 Å². The molecule has 1 heterocycles. The first kappa shape index (κ1) is 18.5. The molecule has 0 saturated carbocycles. The Morgan fingerprint density at radius 2 is 1.73 bits per heavy atom. The lowest BCUT2D eigenvalue weighted by atomic mass is 10.0. The number of hydrogen-bond acceptors (Lipinski definition) is 4. The van der Waals surface area contributed by atoms with E-state index in [1.54, 1.807) is 0 Å². The second-order valence-corrected chi connectivity index (χ2v) is 6.36. The van der Waals surface area contributed by atoms with E-state index in [9.17, 15) is 0 Å². The summed E-state index contributed by atoms with van der Waals surface area (Å²) in [5.74, 6) is 1.47. The minimum atomic E-state index is -0.203. The summed E-state index contributed by atoms with van der Waals surface area (Å²) in [6.45, 7) is 6.32. The van der Waals surface area contributed by atoms with Crippen LogP contribution in [-0.2, 0) is 4.74 Å². The summed E-state index contributed by atoms with van der Waals surface area (Å²) in [7, 11) is 0. The SMILES string of the molecule is C/C=C/C(C)Oc1ccccc1OC(c1ccccc1)C1CNCCO1. The van der Waals surface area contributed by atoms with E-state index in [0.29, 0.717) is 6.61 Å². The molecule has 1 aliphatic heterocycles. The third-order valence-corrected chi connectivity index (χ3v) is 4.30. The summed E-state index contributed by atoms with van der Waals surface area (Å²) in [6.07, 6.45) is 3.73. The molecule has 3 atom stereocenters. The van der Waals surface area contributed by atoms with Crippen LogP contribution >= 0.6 is 0 Å². The van der Waals surface area contributed by atoms with Crippen molar-refractivity contribution >= 4 is 0 Å². The normalized spacial score (nSPS) is 19.8. The molecule has 1 fully saturated rings. The molecule has 0 bridgehead atoms. The fourth-order valence-corrected chi connectivity index (χ4v) is 3.07. The first-order valence-corrected chi connectivity index (χ1v) is 9.20. The highest BCUT2D eigenvalue weighted by Crippen LogP contribution is 2.34. The molecule has 4 nitrogen and oxygen atoms in total. The highest BCUT2D eigenvalue weighted by Gasteiger charge is 2.28. The van der Waals surface area contributed by atoms with Crippen molar-refractivity contribution in [2.45, 2.75) is 32.2 Å². The van der Waals surface area contributed by atoms with Gasteiger partial charge in [-0.2, -0.15) is 0 Å². The Balaban J connectivity index is 1.85. The maximum atomic E-state index is 6.44. The number of rotatable bonds is 7. The van der Waals surface area contributed by atoms with Crippen LogP contribution in [0.15, 0.2) is 66.7 Å². The molecule has 1 aliphatic rings. The number of morpholine rings is 1. The topological polar surface area (TPSA) is 39.7 Å². The van der Waals surface area contributed by atoms with Crippen LogP contribution in [0.4, 0.5) is 0 Å². The Bertz CT molecular complexity index is 696. The zero-order chi connectivity index (χ0) is 18.2. The van der Waals surface area contributed by atoms with E-state index < -0.39 is 0 Å². The molecular formula is C22H27NO3. The number of hydrogen-bond donors (Lipinski definition) is 1. The summed E-state index contributed by atoms with van der Waals surface area (Å²) in [5.41, 5.74) is 1.09. The number of benzene rings is 2. The first-order chi connectivity index (χ1) is 12.8. The Labute approximate surface area is 155 Å². The van der Waals surface area contributed by atoms with E-state index in [1.165, 1.54) is 0 Å². The second kappa shape index (κ2) is 9.41. The van der Waals surface area contributed by atoms with Gasteiger partial charge in [-0.1, -0.05) is 48.5 Å². The van der Waals surface area contributed by atoms with Gasteiger partial charge in [-0.25, -0.2) is 0 Å². The lowest BCUT2D eigenvalue weighted by molar-refractivity contribution is -0.0440. The molecule has 3 rings (SSSR count). The van der Waals surface area contributed by atoms with Crippen molar-refractivity contribution in [1.29, 1.82) is 0 Å². The van der Waals surface area contributed by atoms with Gasteiger partial charge in [0.1, 0.15) is 12.2 Å². The van der Waals surface area contributed by atoms with Crippen molar-refractivity contribution < 1.29 is 14.2 Å². The molecule has 0 radical (unpaired) electrons. The van der Waals surface area contributed by atoms with Crippen LogP contribution < -0.4 is 14.8 Å². The average molecular weight is 353 g/mol. The smallest absolute Gasteiger partial charge is 0.162 e. The molecule has 2 aromatic carbocycles. The quantitative estimate of drug-likeness (QED) is 0.760. The predicted octanol–water partition coefficient (Wildman–Crippen LogP) is 4.14. The summed E-state index contributed by atoms with van der Waals surface area (Å²) in [4.78, 5) is 0. The van der Waals surface area contributed by atoms with Gasteiger partial charge in [-0.05, 0) is 37.6 Å². The minimum absolute atomic E-state index is 0.0208. The van der Waals surface area contributed by atoms with E-state index in [0.717, 1.165) is 30.2 Å². The summed E-state index contributed by atoms with van der Waals surface area (Å²) in [6, 6.07) is 18.0. The van der Waals surface area contributed by atoms with E-state index in [-0.39, 0.29) is 18.3 Å². The Kier molecular flexibility index (Phi) is 6.69. The van der Waals surface area contributed by atoms with Crippen LogP contribution in [0.3, 0.4) is 0 Å². The standard InChI is InChI=1S/C22H27NO3/c1-3-9-17(2)25-19-12-7-8-13-20(19)26-22(18-10-5-4-6-11-18)21-16-23-14-15-24-21/h3-13,17,21-23H,14-16H2,1-2H3/b9-3+. The molecule has 138 valence electrons. The molecule has 0 amide bonds. The average Bonchev–Trinajstić information content (AvgIpc) is 2.69. The van der Waals surface area contributed by atoms with Gasteiger partial charge in [0.15, 0.2) is 17.6 Å². The van der Waals surface area contributed by atoms with Crippen molar-refractivity contribution in [3.63, 3.8) is 0 Å². The molecule has 4 heteroatoms. The van der Waals surface area contributed by atoms with Gasteiger partial charge in [0.25, 0.3) is 0 Å². The van der Waals surface area contributed by atoms with Crippen LogP contribution in [0.2, 0.25) is 0 Å². The van der Waals surface area contributed by atoms with Crippen LogP contribution in [0.1, 0.15) is 25.5 Å². The Morgan fingerprint density at radius 1 is 1.04 bits per heavy atom. The van der Waals surface area contributed by atoms with Gasteiger partial charge in [-0.15, -0.1) is 0 Å². The third-order valence-electron chi connectivity index (χ3n) is 4.30. The molecule has 1 N–H and O–H groups in total. The van der Waals surface area contributed by atoms with Crippen LogP contribution in [0, 0.1) is 0 Å². The first-order valence-electron chi connectivity index (χ1n) is 9.20. The molecule has 1 saturated heterocycles. The highest BCUT2D eigenvalue weighted by atomic mass is 16.6. The van der Waals surface area contributed by atoms with Crippen molar-refractivity contribution in [2.75, 3.05) is 19.7 Å². The van der Waals surface area contributed by atoms with E-state index in [4.69, 9.17) is 14.2 Å². The largest absolute Gasteiger partial charge is 0.483 e. The van der Waals surface area contributed by atoms with Crippen LogP contribution in [0.25, 0.3) is 0 Å². The third kappa shape index (κ3) is 4.87. The van der Waals surface area contributed by atoms with Crippen molar-refractivity contribution in [2.24, 2.45) is 0 Å². The van der Waals surface area contributed by atoms with Gasteiger partial charge >= 0.3 is 0 Å². The molecule has 2 aromatic rings. The number of nitrogens with one attached hydrogen (secondary N) is 1. The van der Waals surface area contributed by atoms with Gasteiger partial charge in [0.05, 0.1) is 6.61 Å². The number of allylic oxidation sites excluding steroid dienone is 1. The van der Waals surface area contributed by atoms with Crippen LogP contribution in [-0.4, -0.2) is 31.9 Å². The summed E-state index contributed by atoms with van der Waals surface area (Å²) in [5, 5.41) is 3.39. The second-order valence-electron chi connectivity index (χ2n) is 6.36. The monoisotopic (exact) mass is 353 g/mol. The maximum absolute atomic E-state index is 6.44. The molecule has 0 aromatic heterocycles. The number of ether oxygens (including phenoxy) is 3. The fraction of sp³-hybridized carbons (Fsp3) is 0.364.